The number of phenols is 1. The molecule has 3 heterocycles. The van der Waals surface area contributed by atoms with Crippen molar-refractivity contribution < 1.29 is 24.1 Å². The molecule has 1 saturated heterocycles. The van der Waals surface area contributed by atoms with Gasteiger partial charge in [0.2, 0.25) is 11.7 Å². The Bertz CT molecular complexity index is 838. The van der Waals surface area contributed by atoms with Crippen molar-refractivity contribution in [2.75, 3.05) is 50.7 Å². The fourth-order valence-corrected chi connectivity index (χ4v) is 4.58. The zero-order valence-electron chi connectivity index (χ0n) is 15.2. The number of amides is 1. The van der Waals surface area contributed by atoms with Crippen LogP contribution in [0.5, 0.6) is 17.2 Å². The summed E-state index contributed by atoms with van der Waals surface area (Å²) in [5.41, 5.74) is 0.842. The second kappa shape index (κ2) is 7.24. The number of carbonyl (C=O) groups is 1. The molecule has 1 fully saturated rings. The molecule has 144 valence electrons. The predicted octanol–water partition coefficient (Wildman–Crippen LogP) is 2.18. The van der Waals surface area contributed by atoms with Gasteiger partial charge in [-0.1, -0.05) is 11.3 Å². The smallest absolute Gasteiger partial charge is 0.226 e. The number of hydrogen-bond acceptors (Lipinski definition) is 8. The minimum atomic E-state index is -0.176. The standard InChI is InChI=1S/C18H21N3O5S/c1-24-12-7-10(8-13(25-2)15(12)23)11-9-14(22)19-17-16(11)27-18(20-17)21-3-5-26-6-4-21/h7-8,11,23H,3-6,9H2,1-2H3,(H,19,22). The summed E-state index contributed by atoms with van der Waals surface area (Å²) >= 11 is 1.58. The molecule has 2 N–H and O–H groups in total. The number of rotatable bonds is 4. The minimum absolute atomic E-state index is 0.0532. The lowest BCUT2D eigenvalue weighted by Gasteiger charge is -2.26. The number of aromatic nitrogens is 1. The summed E-state index contributed by atoms with van der Waals surface area (Å²) in [6, 6.07) is 3.50. The van der Waals surface area contributed by atoms with E-state index in [1.807, 2.05) is 0 Å². The Morgan fingerprint density at radius 3 is 2.56 bits per heavy atom. The predicted molar refractivity (Wildman–Crippen MR) is 101 cm³/mol. The van der Waals surface area contributed by atoms with Gasteiger partial charge in [0.25, 0.3) is 0 Å². The van der Waals surface area contributed by atoms with E-state index in [4.69, 9.17) is 14.2 Å². The number of benzene rings is 1. The summed E-state index contributed by atoms with van der Waals surface area (Å²) in [5.74, 6) is 0.919. The van der Waals surface area contributed by atoms with Gasteiger partial charge in [-0.25, -0.2) is 4.98 Å². The summed E-state index contributed by atoms with van der Waals surface area (Å²) in [6.07, 6.45) is 0.300. The molecule has 0 saturated carbocycles. The molecule has 1 aromatic heterocycles. The molecule has 8 nitrogen and oxygen atoms in total. The van der Waals surface area contributed by atoms with Gasteiger partial charge in [0, 0.05) is 25.4 Å². The summed E-state index contributed by atoms with van der Waals surface area (Å²) in [5, 5.41) is 13.9. The molecule has 1 amide bonds. The molecule has 0 bridgehead atoms. The molecule has 27 heavy (non-hydrogen) atoms. The van der Waals surface area contributed by atoms with Crippen LogP contribution in [-0.2, 0) is 9.53 Å². The number of thiazole rings is 1. The number of morpholine rings is 1. The highest BCUT2D eigenvalue weighted by atomic mass is 32.1. The first-order chi connectivity index (χ1) is 13.1. The number of phenolic OH excluding ortho intramolecular Hbond substituents is 1. The van der Waals surface area contributed by atoms with Crippen molar-refractivity contribution >= 4 is 28.2 Å². The van der Waals surface area contributed by atoms with Crippen LogP contribution in [0.1, 0.15) is 22.8 Å². The number of hydrogen-bond donors (Lipinski definition) is 2. The van der Waals surface area contributed by atoms with Gasteiger partial charge >= 0.3 is 0 Å². The first-order valence-corrected chi connectivity index (χ1v) is 9.50. The molecule has 0 spiro atoms. The zero-order chi connectivity index (χ0) is 19.0. The summed E-state index contributed by atoms with van der Waals surface area (Å²) in [4.78, 5) is 20.1. The van der Waals surface area contributed by atoms with Gasteiger partial charge in [-0.2, -0.15) is 0 Å². The van der Waals surface area contributed by atoms with E-state index in [1.54, 1.807) is 23.5 Å². The van der Waals surface area contributed by atoms with Crippen LogP contribution in [0.15, 0.2) is 12.1 Å². The third-order valence-electron chi connectivity index (χ3n) is 4.79. The van der Waals surface area contributed by atoms with E-state index in [1.165, 1.54) is 14.2 Å². The molecule has 9 heteroatoms. The lowest BCUT2D eigenvalue weighted by Crippen LogP contribution is -2.36. The van der Waals surface area contributed by atoms with Crippen molar-refractivity contribution in [1.29, 1.82) is 0 Å². The van der Waals surface area contributed by atoms with Gasteiger partial charge in [0.1, 0.15) is 5.82 Å². The van der Waals surface area contributed by atoms with Crippen LogP contribution in [0.3, 0.4) is 0 Å². The van der Waals surface area contributed by atoms with E-state index in [-0.39, 0.29) is 17.6 Å². The summed E-state index contributed by atoms with van der Waals surface area (Å²) < 4.78 is 15.9. The van der Waals surface area contributed by atoms with Crippen molar-refractivity contribution in [3.8, 4) is 17.2 Å². The van der Waals surface area contributed by atoms with E-state index in [2.05, 4.69) is 15.2 Å². The number of ether oxygens (including phenoxy) is 3. The van der Waals surface area contributed by atoms with Crippen molar-refractivity contribution in [2.24, 2.45) is 0 Å². The van der Waals surface area contributed by atoms with Crippen LogP contribution in [0, 0.1) is 0 Å². The third kappa shape index (κ3) is 3.28. The number of methoxy groups -OCH3 is 2. The maximum atomic E-state index is 12.3. The average Bonchev–Trinajstić information content (AvgIpc) is 3.12. The summed E-state index contributed by atoms with van der Waals surface area (Å²) in [7, 11) is 2.97. The Morgan fingerprint density at radius 2 is 1.93 bits per heavy atom. The lowest BCUT2D eigenvalue weighted by molar-refractivity contribution is -0.116. The molecule has 1 unspecified atom stereocenters. The quantitative estimate of drug-likeness (QED) is 0.825. The van der Waals surface area contributed by atoms with Gasteiger partial charge in [0.05, 0.1) is 32.3 Å². The second-order valence-electron chi connectivity index (χ2n) is 6.39. The van der Waals surface area contributed by atoms with Crippen molar-refractivity contribution in [1.82, 2.24) is 4.98 Å². The van der Waals surface area contributed by atoms with Gasteiger partial charge in [-0.15, -0.1) is 0 Å². The molecule has 1 aromatic carbocycles. The number of aromatic hydroxyl groups is 1. The maximum Gasteiger partial charge on any atom is 0.226 e. The highest BCUT2D eigenvalue weighted by molar-refractivity contribution is 7.16. The number of nitrogens with zero attached hydrogens (tertiary/aromatic N) is 2. The van der Waals surface area contributed by atoms with Crippen LogP contribution >= 0.6 is 11.3 Å². The van der Waals surface area contributed by atoms with Gasteiger partial charge in [-0.3, -0.25) is 4.79 Å². The SMILES string of the molecule is COc1cc(C2CC(=O)Nc3nc(N4CCOCC4)sc32)cc(OC)c1O. The second-order valence-corrected chi connectivity index (χ2v) is 7.40. The van der Waals surface area contributed by atoms with E-state index >= 15 is 0 Å². The molecule has 1 atom stereocenters. The van der Waals surface area contributed by atoms with Crippen LogP contribution in [-0.4, -0.2) is 56.5 Å². The van der Waals surface area contributed by atoms with Crippen molar-refractivity contribution in [3.05, 3.63) is 22.6 Å². The molecule has 0 radical (unpaired) electrons. The Kier molecular flexibility index (Phi) is 4.79. The number of carbonyl (C=O) groups excluding carboxylic acids is 1. The monoisotopic (exact) mass is 391 g/mol. The molecule has 0 aliphatic carbocycles. The molecule has 2 aliphatic rings. The van der Waals surface area contributed by atoms with E-state index in [0.717, 1.165) is 28.7 Å². The molecule has 2 aromatic rings. The number of anilines is 2. The van der Waals surface area contributed by atoms with Gasteiger partial charge < -0.3 is 29.5 Å². The normalized spacial score (nSPS) is 19.4. The largest absolute Gasteiger partial charge is 0.502 e. The first kappa shape index (κ1) is 17.9. The van der Waals surface area contributed by atoms with Crippen LogP contribution in [0.25, 0.3) is 0 Å². The van der Waals surface area contributed by atoms with E-state index in [9.17, 15) is 9.90 Å². The molecule has 2 aliphatic heterocycles. The van der Waals surface area contributed by atoms with E-state index in [0.29, 0.717) is 37.0 Å². The highest BCUT2D eigenvalue weighted by Crippen LogP contribution is 2.47. The molecular formula is C18H21N3O5S. The Hall–Kier alpha value is -2.52. The zero-order valence-corrected chi connectivity index (χ0v) is 16.0. The van der Waals surface area contributed by atoms with Crippen LogP contribution < -0.4 is 19.7 Å². The lowest BCUT2D eigenvalue weighted by atomic mass is 9.91. The van der Waals surface area contributed by atoms with Crippen molar-refractivity contribution in [3.63, 3.8) is 0 Å². The van der Waals surface area contributed by atoms with Crippen LogP contribution in [0.4, 0.5) is 10.9 Å². The maximum absolute atomic E-state index is 12.3. The van der Waals surface area contributed by atoms with Crippen molar-refractivity contribution in [2.45, 2.75) is 12.3 Å². The van der Waals surface area contributed by atoms with Gasteiger partial charge in [0.15, 0.2) is 16.6 Å². The highest BCUT2D eigenvalue weighted by Gasteiger charge is 2.32. The third-order valence-corrected chi connectivity index (χ3v) is 6.02. The fraction of sp³-hybridized carbons (Fsp3) is 0.444. The fourth-order valence-electron chi connectivity index (χ4n) is 3.38. The minimum Gasteiger partial charge on any atom is -0.502 e. The number of fused-ring (bicyclic) bond motifs is 1. The Balaban J connectivity index is 1.75. The average molecular weight is 391 g/mol. The van der Waals surface area contributed by atoms with Crippen LogP contribution in [0.2, 0.25) is 0 Å². The Labute approximate surface area is 160 Å². The summed E-state index contributed by atoms with van der Waals surface area (Å²) in [6.45, 7) is 2.91. The Morgan fingerprint density at radius 1 is 1.26 bits per heavy atom. The van der Waals surface area contributed by atoms with E-state index < -0.39 is 0 Å². The first-order valence-electron chi connectivity index (χ1n) is 8.69. The van der Waals surface area contributed by atoms with Gasteiger partial charge in [-0.05, 0) is 17.7 Å². The topological polar surface area (TPSA) is 93.2 Å². The number of nitrogens with one attached hydrogen (secondary N) is 1. The molecule has 4 rings (SSSR count). The molecular weight excluding hydrogens is 370 g/mol.